The predicted octanol–water partition coefficient (Wildman–Crippen LogP) is 3.51. The van der Waals surface area contributed by atoms with Gasteiger partial charge in [0.25, 0.3) is 0 Å². The zero-order chi connectivity index (χ0) is 11.4. The zero-order valence-corrected chi connectivity index (χ0v) is 11.1. The van der Waals surface area contributed by atoms with Gasteiger partial charge >= 0.3 is 0 Å². The van der Waals surface area contributed by atoms with Crippen molar-refractivity contribution in [3.63, 3.8) is 0 Å². The van der Waals surface area contributed by atoms with Crippen molar-refractivity contribution in [2.45, 2.75) is 58.5 Å². The average molecular weight is 238 g/mol. The summed E-state index contributed by atoms with van der Waals surface area (Å²) in [6.45, 7) is 5.34. The number of nitrogens with one attached hydrogen (secondary N) is 1. The largest absolute Gasteiger partial charge is 0.308 e. The van der Waals surface area contributed by atoms with Gasteiger partial charge in [0, 0.05) is 18.0 Å². The maximum atomic E-state index is 4.48. The number of nitrogens with zero attached hydrogens (tertiary/aromatic N) is 1. The molecule has 0 spiro atoms. The van der Waals surface area contributed by atoms with Gasteiger partial charge in [-0.05, 0) is 38.5 Å². The minimum Gasteiger partial charge on any atom is -0.308 e. The summed E-state index contributed by atoms with van der Waals surface area (Å²) in [5, 5.41) is 6.98. The Bertz CT molecular complexity index is 313. The first kappa shape index (κ1) is 12.1. The normalized spacial score (nSPS) is 25.9. The lowest BCUT2D eigenvalue weighted by Crippen LogP contribution is -2.32. The first-order valence-corrected chi connectivity index (χ1v) is 7.30. The SMILES string of the molecule is CCC1CCC(NCc2csc(C)n2)CC1. The minimum atomic E-state index is 0.727. The van der Waals surface area contributed by atoms with Crippen LogP contribution in [0.5, 0.6) is 0 Å². The van der Waals surface area contributed by atoms with Crippen LogP contribution in [0.15, 0.2) is 5.38 Å². The molecule has 1 N–H and O–H groups in total. The van der Waals surface area contributed by atoms with E-state index in [1.807, 2.05) is 0 Å². The fraction of sp³-hybridized carbons (Fsp3) is 0.769. The van der Waals surface area contributed by atoms with Crippen LogP contribution in [0.25, 0.3) is 0 Å². The van der Waals surface area contributed by atoms with Crippen molar-refractivity contribution in [3.05, 3.63) is 16.1 Å². The van der Waals surface area contributed by atoms with Gasteiger partial charge in [-0.15, -0.1) is 11.3 Å². The van der Waals surface area contributed by atoms with Gasteiger partial charge < -0.3 is 5.32 Å². The molecule has 1 aliphatic rings. The van der Waals surface area contributed by atoms with Crippen LogP contribution in [0.4, 0.5) is 0 Å². The highest BCUT2D eigenvalue weighted by Gasteiger charge is 2.19. The summed E-state index contributed by atoms with van der Waals surface area (Å²) in [5.74, 6) is 0.986. The Morgan fingerprint density at radius 3 is 2.69 bits per heavy atom. The summed E-state index contributed by atoms with van der Waals surface area (Å²) in [4.78, 5) is 4.48. The third-order valence-corrected chi connectivity index (χ3v) is 4.48. The van der Waals surface area contributed by atoms with Gasteiger partial charge in [0.1, 0.15) is 0 Å². The molecule has 0 saturated heterocycles. The average Bonchev–Trinajstić information content (AvgIpc) is 2.73. The Kier molecular flexibility index (Phi) is 4.36. The third-order valence-electron chi connectivity index (χ3n) is 3.66. The molecule has 0 radical (unpaired) electrons. The molecule has 2 rings (SSSR count). The van der Waals surface area contributed by atoms with E-state index < -0.39 is 0 Å². The molecule has 1 aromatic heterocycles. The summed E-state index contributed by atoms with van der Waals surface area (Å²) in [5.41, 5.74) is 1.21. The van der Waals surface area contributed by atoms with Crippen molar-refractivity contribution in [3.8, 4) is 0 Å². The lowest BCUT2D eigenvalue weighted by Gasteiger charge is -2.28. The third kappa shape index (κ3) is 3.29. The standard InChI is InChI=1S/C13H22N2S/c1-3-11-4-6-12(7-5-11)14-8-13-9-16-10(2)15-13/h9,11-12,14H,3-8H2,1-2H3. The van der Waals surface area contributed by atoms with Gasteiger partial charge in [0.05, 0.1) is 10.7 Å². The van der Waals surface area contributed by atoms with Gasteiger partial charge in [-0.25, -0.2) is 4.98 Å². The van der Waals surface area contributed by atoms with Crippen LogP contribution < -0.4 is 5.32 Å². The van der Waals surface area contributed by atoms with Crippen LogP contribution in [0.2, 0.25) is 0 Å². The van der Waals surface area contributed by atoms with Crippen LogP contribution in [-0.4, -0.2) is 11.0 Å². The molecule has 2 nitrogen and oxygen atoms in total. The highest BCUT2D eigenvalue weighted by atomic mass is 32.1. The van der Waals surface area contributed by atoms with E-state index in [4.69, 9.17) is 0 Å². The molecule has 0 aromatic carbocycles. The van der Waals surface area contributed by atoms with Gasteiger partial charge in [0.15, 0.2) is 0 Å². The van der Waals surface area contributed by atoms with Gasteiger partial charge in [-0.2, -0.15) is 0 Å². The lowest BCUT2D eigenvalue weighted by molar-refractivity contribution is 0.285. The summed E-state index contributed by atoms with van der Waals surface area (Å²) in [6.07, 6.45) is 6.87. The molecular weight excluding hydrogens is 216 g/mol. The number of hydrogen-bond acceptors (Lipinski definition) is 3. The molecule has 0 aliphatic heterocycles. The van der Waals surface area contributed by atoms with Crippen molar-refractivity contribution in [2.24, 2.45) is 5.92 Å². The lowest BCUT2D eigenvalue weighted by atomic mass is 9.84. The van der Waals surface area contributed by atoms with E-state index in [2.05, 4.69) is 29.5 Å². The first-order valence-electron chi connectivity index (χ1n) is 6.42. The fourth-order valence-electron chi connectivity index (χ4n) is 2.51. The molecule has 1 fully saturated rings. The number of thiazole rings is 1. The Hall–Kier alpha value is -0.410. The van der Waals surface area contributed by atoms with E-state index in [1.165, 1.54) is 42.8 Å². The molecule has 1 heterocycles. The topological polar surface area (TPSA) is 24.9 Å². The Balaban J connectivity index is 1.71. The van der Waals surface area contributed by atoms with Gasteiger partial charge in [-0.3, -0.25) is 0 Å². The first-order chi connectivity index (χ1) is 7.78. The maximum Gasteiger partial charge on any atom is 0.0897 e. The molecule has 3 heteroatoms. The van der Waals surface area contributed by atoms with E-state index in [0.717, 1.165) is 18.5 Å². The molecule has 1 aromatic rings. The highest BCUT2D eigenvalue weighted by molar-refractivity contribution is 7.09. The summed E-state index contributed by atoms with van der Waals surface area (Å²) in [6, 6.07) is 0.727. The zero-order valence-electron chi connectivity index (χ0n) is 10.3. The second-order valence-electron chi connectivity index (χ2n) is 4.86. The summed E-state index contributed by atoms with van der Waals surface area (Å²) >= 11 is 1.74. The quantitative estimate of drug-likeness (QED) is 0.868. The molecular formula is C13H22N2S. The van der Waals surface area contributed by atoms with E-state index in [1.54, 1.807) is 11.3 Å². The van der Waals surface area contributed by atoms with Gasteiger partial charge in [-0.1, -0.05) is 13.3 Å². The van der Waals surface area contributed by atoms with Crippen LogP contribution in [0, 0.1) is 12.8 Å². The van der Waals surface area contributed by atoms with E-state index in [0.29, 0.717) is 0 Å². The smallest absolute Gasteiger partial charge is 0.0897 e. The maximum absolute atomic E-state index is 4.48. The monoisotopic (exact) mass is 238 g/mol. The van der Waals surface area contributed by atoms with E-state index in [9.17, 15) is 0 Å². The van der Waals surface area contributed by atoms with Gasteiger partial charge in [0.2, 0.25) is 0 Å². The van der Waals surface area contributed by atoms with Crippen LogP contribution in [-0.2, 0) is 6.54 Å². The minimum absolute atomic E-state index is 0.727. The summed E-state index contributed by atoms with van der Waals surface area (Å²) < 4.78 is 0. The Morgan fingerprint density at radius 1 is 1.38 bits per heavy atom. The molecule has 0 bridgehead atoms. The fourth-order valence-corrected chi connectivity index (χ4v) is 3.13. The second kappa shape index (κ2) is 5.78. The number of hydrogen-bond donors (Lipinski definition) is 1. The van der Waals surface area contributed by atoms with Crippen molar-refractivity contribution >= 4 is 11.3 Å². The molecule has 0 atom stereocenters. The Labute approximate surface area is 102 Å². The molecule has 1 saturated carbocycles. The highest BCUT2D eigenvalue weighted by Crippen LogP contribution is 2.26. The Morgan fingerprint density at radius 2 is 2.12 bits per heavy atom. The number of aromatic nitrogens is 1. The summed E-state index contributed by atoms with van der Waals surface area (Å²) in [7, 11) is 0. The molecule has 16 heavy (non-hydrogen) atoms. The number of rotatable bonds is 4. The van der Waals surface area contributed by atoms with Crippen LogP contribution >= 0.6 is 11.3 Å². The van der Waals surface area contributed by atoms with Crippen molar-refractivity contribution in [1.82, 2.24) is 10.3 Å². The second-order valence-corrected chi connectivity index (χ2v) is 5.93. The molecule has 1 aliphatic carbocycles. The van der Waals surface area contributed by atoms with Crippen molar-refractivity contribution < 1.29 is 0 Å². The molecule has 0 amide bonds. The van der Waals surface area contributed by atoms with Crippen LogP contribution in [0.3, 0.4) is 0 Å². The van der Waals surface area contributed by atoms with Crippen molar-refractivity contribution in [1.29, 1.82) is 0 Å². The predicted molar refractivity (Wildman–Crippen MR) is 69.7 cm³/mol. The number of aryl methyl sites for hydroxylation is 1. The van der Waals surface area contributed by atoms with E-state index in [-0.39, 0.29) is 0 Å². The molecule has 90 valence electrons. The van der Waals surface area contributed by atoms with Crippen molar-refractivity contribution in [2.75, 3.05) is 0 Å². The van der Waals surface area contributed by atoms with Crippen LogP contribution in [0.1, 0.15) is 49.7 Å². The van der Waals surface area contributed by atoms with E-state index >= 15 is 0 Å². The molecule has 0 unspecified atom stereocenters.